The SMILES string of the molecule is C=C.C=C.CC1COC(=O)/C=C\C(=O)O1. The topological polar surface area (TPSA) is 52.6 Å². The average molecular weight is 212 g/mol. The van der Waals surface area contributed by atoms with Crippen LogP contribution < -0.4 is 0 Å². The van der Waals surface area contributed by atoms with Crippen molar-refractivity contribution in [2.75, 3.05) is 6.61 Å². The van der Waals surface area contributed by atoms with Gasteiger partial charge in [0, 0.05) is 12.2 Å². The number of hydrogen-bond acceptors (Lipinski definition) is 4. The first-order valence-electron chi connectivity index (χ1n) is 4.24. The fourth-order valence-electron chi connectivity index (χ4n) is 0.655. The molecule has 1 atom stereocenters. The molecule has 0 aromatic heterocycles. The quantitative estimate of drug-likeness (QED) is 0.452. The van der Waals surface area contributed by atoms with Crippen LogP contribution in [0.25, 0.3) is 0 Å². The van der Waals surface area contributed by atoms with E-state index in [-0.39, 0.29) is 12.7 Å². The molecule has 4 heteroatoms. The third-order valence-electron chi connectivity index (χ3n) is 1.13. The summed E-state index contributed by atoms with van der Waals surface area (Å²) in [5, 5.41) is 0. The van der Waals surface area contributed by atoms with Gasteiger partial charge in [0.2, 0.25) is 0 Å². The molecule has 0 saturated carbocycles. The van der Waals surface area contributed by atoms with Crippen molar-refractivity contribution in [3.8, 4) is 0 Å². The van der Waals surface area contributed by atoms with Gasteiger partial charge in [0.15, 0.2) is 0 Å². The lowest BCUT2D eigenvalue weighted by Crippen LogP contribution is -2.23. The Morgan fingerprint density at radius 3 is 2.13 bits per heavy atom. The molecule has 0 aromatic carbocycles. The Bertz CT molecular complexity index is 231. The molecule has 1 aliphatic heterocycles. The molecule has 1 rings (SSSR count). The minimum Gasteiger partial charge on any atom is -0.459 e. The van der Waals surface area contributed by atoms with Crippen molar-refractivity contribution in [2.24, 2.45) is 0 Å². The third kappa shape index (κ3) is 8.49. The van der Waals surface area contributed by atoms with Crippen LogP contribution >= 0.6 is 0 Å². The number of ether oxygens (including phenoxy) is 2. The van der Waals surface area contributed by atoms with Gasteiger partial charge in [0.25, 0.3) is 0 Å². The lowest BCUT2D eigenvalue weighted by atomic mass is 10.4. The minimum atomic E-state index is -0.506. The molecule has 4 nitrogen and oxygen atoms in total. The van der Waals surface area contributed by atoms with E-state index in [1.807, 2.05) is 0 Å². The molecule has 0 aromatic rings. The van der Waals surface area contributed by atoms with E-state index in [2.05, 4.69) is 31.1 Å². The van der Waals surface area contributed by atoms with E-state index in [0.29, 0.717) is 0 Å². The molecule has 0 bridgehead atoms. The summed E-state index contributed by atoms with van der Waals surface area (Å²) >= 11 is 0. The van der Waals surface area contributed by atoms with Crippen LogP contribution in [0.3, 0.4) is 0 Å². The molecule has 1 unspecified atom stereocenters. The maximum atomic E-state index is 10.7. The van der Waals surface area contributed by atoms with Gasteiger partial charge in [-0.25, -0.2) is 9.59 Å². The maximum Gasteiger partial charge on any atom is 0.331 e. The van der Waals surface area contributed by atoms with E-state index < -0.39 is 11.9 Å². The van der Waals surface area contributed by atoms with Gasteiger partial charge in [0.1, 0.15) is 12.7 Å². The largest absolute Gasteiger partial charge is 0.459 e. The van der Waals surface area contributed by atoms with Crippen LogP contribution in [-0.2, 0) is 19.1 Å². The van der Waals surface area contributed by atoms with E-state index in [0.717, 1.165) is 12.2 Å². The highest BCUT2D eigenvalue weighted by Crippen LogP contribution is 1.98. The summed E-state index contributed by atoms with van der Waals surface area (Å²) in [7, 11) is 0. The maximum absolute atomic E-state index is 10.7. The van der Waals surface area contributed by atoms with E-state index in [1.165, 1.54) is 0 Å². The zero-order chi connectivity index (χ0) is 12.3. The molecule has 0 amide bonds. The Kier molecular flexibility index (Phi) is 10.7. The normalized spacial score (nSPS) is 21.0. The Hall–Kier alpha value is -1.84. The van der Waals surface area contributed by atoms with Crippen LogP contribution in [0.4, 0.5) is 0 Å². The van der Waals surface area contributed by atoms with Crippen molar-refractivity contribution in [1.82, 2.24) is 0 Å². The van der Waals surface area contributed by atoms with Crippen LogP contribution in [0.5, 0.6) is 0 Å². The van der Waals surface area contributed by atoms with Crippen LogP contribution in [-0.4, -0.2) is 24.6 Å². The molecule has 0 radical (unpaired) electrons. The molecule has 0 aliphatic carbocycles. The van der Waals surface area contributed by atoms with Crippen molar-refractivity contribution >= 4 is 11.9 Å². The zero-order valence-electron chi connectivity index (χ0n) is 8.90. The highest BCUT2D eigenvalue weighted by molar-refractivity contribution is 5.92. The van der Waals surface area contributed by atoms with E-state index >= 15 is 0 Å². The number of carbonyl (C=O) groups is 2. The van der Waals surface area contributed by atoms with Crippen molar-refractivity contribution in [2.45, 2.75) is 13.0 Å². The monoisotopic (exact) mass is 212 g/mol. The summed E-state index contributed by atoms with van der Waals surface area (Å²) in [6.07, 6.45) is 1.74. The van der Waals surface area contributed by atoms with Crippen molar-refractivity contribution in [3.63, 3.8) is 0 Å². The van der Waals surface area contributed by atoms with E-state index in [1.54, 1.807) is 6.92 Å². The van der Waals surface area contributed by atoms with Crippen LogP contribution in [0.15, 0.2) is 38.5 Å². The standard InChI is InChI=1S/C7H8O4.2C2H4/c1-5-4-10-6(8)2-3-7(9)11-5;2*1-2/h2-3,5H,4H2,1H3;2*1-2H2/b3-2-;;. The smallest absolute Gasteiger partial charge is 0.331 e. The molecule has 15 heavy (non-hydrogen) atoms. The molecule has 0 N–H and O–H groups in total. The summed E-state index contributed by atoms with van der Waals surface area (Å²) in [6.45, 7) is 13.8. The van der Waals surface area contributed by atoms with Gasteiger partial charge in [-0.05, 0) is 6.92 Å². The molecule has 1 aliphatic rings. The Morgan fingerprint density at radius 2 is 1.60 bits per heavy atom. The fourth-order valence-corrected chi connectivity index (χ4v) is 0.655. The summed E-state index contributed by atoms with van der Waals surface area (Å²) in [5.74, 6) is -1.01. The highest BCUT2D eigenvalue weighted by Gasteiger charge is 2.12. The molecular weight excluding hydrogens is 196 g/mol. The second-order valence-electron chi connectivity index (χ2n) is 2.21. The molecule has 0 saturated heterocycles. The third-order valence-corrected chi connectivity index (χ3v) is 1.13. The second-order valence-corrected chi connectivity index (χ2v) is 2.21. The Labute approximate surface area is 89.9 Å². The van der Waals surface area contributed by atoms with Crippen molar-refractivity contribution in [1.29, 1.82) is 0 Å². The number of cyclic esters (lactones) is 2. The fraction of sp³-hybridized carbons (Fsp3) is 0.273. The van der Waals surface area contributed by atoms with Gasteiger partial charge < -0.3 is 9.47 Å². The van der Waals surface area contributed by atoms with Gasteiger partial charge in [-0.2, -0.15) is 0 Å². The number of rotatable bonds is 0. The van der Waals surface area contributed by atoms with Gasteiger partial charge in [-0.15, -0.1) is 26.3 Å². The summed E-state index contributed by atoms with van der Waals surface area (Å²) in [4.78, 5) is 21.3. The van der Waals surface area contributed by atoms with E-state index in [9.17, 15) is 9.59 Å². The number of hydrogen-bond donors (Lipinski definition) is 0. The van der Waals surface area contributed by atoms with Crippen LogP contribution in [0, 0.1) is 0 Å². The van der Waals surface area contributed by atoms with Crippen molar-refractivity contribution in [3.05, 3.63) is 38.5 Å². The average Bonchev–Trinajstić information content (AvgIpc) is 2.27. The van der Waals surface area contributed by atoms with Gasteiger partial charge in [-0.3, -0.25) is 0 Å². The van der Waals surface area contributed by atoms with Gasteiger partial charge >= 0.3 is 11.9 Å². The summed E-state index contributed by atoms with van der Waals surface area (Å²) in [6, 6.07) is 0. The summed E-state index contributed by atoms with van der Waals surface area (Å²) < 4.78 is 9.38. The molecule has 0 spiro atoms. The molecular formula is C11H16O4. The van der Waals surface area contributed by atoms with E-state index in [4.69, 9.17) is 4.74 Å². The first kappa shape index (κ1) is 15.6. The zero-order valence-corrected chi connectivity index (χ0v) is 8.90. The molecule has 1 heterocycles. The predicted molar refractivity (Wildman–Crippen MR) is 58.2 cm³/mol. The van der Waals surface area contributed by atoms with Crippen LogP contribution in [0.2, 0.25) is 0 Å². The molecule has 0 fully saturated rings. The first-order valence-corrected chi connectivity index (χ1v) is 4.24. The van der Waals surface area contributed by atoms with Crippen molar-refractivity contribution < 1.29 is 19.1 Å². The van der Waals surface area contributed by atoms with Gasteiger partial charge in [-0.1, -0.05) is 0 Å². The first-order chi connectivity index (χ1) is 7.18. The Balaban J connectivity index is 0. The highest BCUT2D eigenvalue weighted by atomic mass is 16.6. The predicted octanol–water partition coefficient (Wildman–Crippen LogP) is 1.64. The minimum absolute atomic E-state index is 0.120. The lowest BCUT2D eigenvalue weighted by molar-refractivity contribution is -0.153. The van der Waals surface area contributed by atoms with Crippen LogP contribution in [0.1, 0.15) is 6.92 Å². The number of esters is 2. The lowest BCUT2D eigenvalue weighted by Gasteiger charge is -2.13. The van der Waals surface area contributed by atoms with Gasteiger partial charge in [0.05, 0.1) is 0 Å². The summed E-state index contributed by atoms with van der Waals surface area (Å²) in [5.41, 5.74) is 0. The Morgan fingerprint density at radius 1 is 1.13 bits per heavy atom. The number of carbonyl (C=O) groups excluding carboxylic acids is 2. The second kappa shape index (κ2) is 10.2. The molecule has 84 valence electrons.